The van der Waals surface area contributed by atoms with Gasteiger partial charge in [0, 0.05) is 24.0 Å². The molecule has 1 aromatic rings. The van der Waals surface area contributed by atoms with Gasteiger partial charge in [0.15, 0.2) is 0 Å². The van der Waals surface area contributed by atoms with Crippen molar-refractivity contribution < 1.29 is 26.9 Å². The zero-order valence-corrected chi connectivity index (χ0v) is 20.9. The first-order valence-corrected chi connectivity index (χ1v) is 13.6. The topological polar surface area (TPSA) is 82.1 Å². The molecule has 0 aliphatic carbocycles. The van der Waals surface area contributed by atoms with Gasteiger partial charge in [-0.05, 0) is 43.4 Å². The summed E-state index contributed by atoms with van der Waals surface area (Å²) in [6.07, 6.45) is 5.79. The van der Waals surface area contributed by atoms with Gasteiger partial charge in [-0.3, -0.25) is 4.18 Å². The Morgan fingerprint density at radius 3 is 2.66 bits per heavy atom. The van der Waals surface area contributed by atoms with Crippen molar-refractivity contribution in [2.75, 3.05) is 39.2 Å². The lowest BCUT2D eigenvalue weighted by Gasteiger charge is -2.45. The van der Waals surface area contributed by atoms with Crippen molar-refractivity contribution in [3.8, 4) is 0 Å². The van der Waals surface area contributed by atoms with E-state index < -0.39 is 15.7 Å². The van der Waals surface area contributed by atoms with Crippen LogP contribution in [0.25, 0.3) is 0 Å². The Labute approximate surface area is 197 Å². The highest BCUT2D eigenvalue weighted by molar-refractivity contribution is 7.85. The molecule has 1 aliphatic rings. The zero-order valence-electron chi connectivity index (χ0n) is 19.3. The van der Waals surface area contributed by atoms with Crippen LogP contribution in [0.2, 0.25) is 5.02 Å². The number of rotatable bonds is 12. The van der Waals surface area contributed by atoms with Gasteiger partial charge < -0.3 is 14.4 Å². The van der Waals surface area contributed by atoms with Crippen LogP contribution in [0.4, 0.5) is 4.79 Å². The van der Waals surface area contributed by atoms with Gasteiger partial charge in [0.25, 0.3) is 10.1 Å². The van der Waals surface area contributed by atoms with Crippen LogP contribution in [0.5, 0.6) is 0 Å². The fraction of sp³-hybridized carbons (Fsp3) is 0.696. The summed E-state index contributed by atoms with van der Waals surface area (Å²) in [7, 11) is -3.55. The van der Waals surface area contributed by atoms with E-state index in [0.29, 0.717) is 31.1 Å². The Balaban J connectivity index is 2.28. The Bertz CT molecular complexity index is 834. The lowest BCUT2D eigenvalue weighted by molar-refractivity contribution is -0.120. The summed E-state index contributed by atoms with van der Waals surface area (Å²) in [6, 6.07) is 7.58. The van der Waals surface area contributed by atoms with Crippen molar-refractivity contribution >= 4 is 27.8 Å². The first-order chi connectivity index (χ1) is 15.2. The minimum atomic E-state index is -3.55. The molecule has 1 saturated heterocycles. The van der Waals surface area contributed by atoms with Crippen LogP contribution in [0.15, 0.2) is 24.3 Å². The van der Waals surface area contributed by atoms with E-state index in [4.69, 9.17) is 25.3 Å². The van der Waals surface area contributed by atoms with Gasteiger partial charge >= 0.3 is 6.09 Å². The van der Waals surface area contributed by atoms with E-state index in [-0.39, 0.29) is 25.2 Å². The van der Waals surface area contributed by atoms with Crippen molar-refractivity contribution in [3.05, 3.63) is 34.9 Å². The Morgan fingerprint density at radius 1 is 1.22 bits per heavy atom. The molecule has 0 radical (unpaired) electrons. The number of hydrogen-bond acceptors (Lipinski definition) is 6. The summed E-state index contributed by atoms with van der Waals surface area (Å²) in [5.41, 5.74) is 0.209. The van der Waals surface area contributed by atoms with Crippen molar-refractivity contribution in [2.24, 2.45) is 5.92 Å². The van der Waals surface area contributed by atoms with Gasteiger partial charge in [-0.15, -0.1) is 0 Å². The molecular weight excluding hydrogens is 454 g/mol. The minimum absolute atomic E-state index is 0.00613. The van der Waals surface area contributed by atoms with Crippen molar-refractivity contribution in [1.29, 1.82) is 0 Å². The second-order valence-corrected chi connectivity index (χ2v) is 10.4. The van der Waals surface area contributed by atoms with Gasteiger partial charge in [0.1, 0.15) is 0 Å². The zero-order chi connectivity index (χ0) is 23.6. The number of amides is 1. The number of likely N-dealkylation sites (tertiary alicyclic amines) is 1. The molecule has 182 valence electrons. The SMILES string of the molecule is CCCCOC(=O)N1CCCC([C@@](CCC)(OCCOS(C)(=O)=O)c2cccc(Cl)c2)C1. The molecule has 0 N–H and O–H groups in total. The number of ether oxygens (including phenoxy) is 2. The average Bonchev–Trinajstić information content (AvgIpc) is 2.75. The standard InChI is InChI=1S/C23H36ClNO6S/c1-4-6-14-29-22(26)25-13-8-10-20(18-25)23(12-5-2,19-9-7-11-21(24)17-19)30-15-16-31-32(3,27)28/h7,9,11,17,20H,4-6,8,10,12-16,18H2,1-3H3/t20?,23-/m0/s1. The van der Waals surface area contributed by atoms with Crippen molar-refractivity contribution in [3.63, 3.8) is 0 Å². The molecule has 0 spiro atoms. The van der Waals surface area contributed by atoms with Crippen LogP contribution < -0.4 is 0 Å². The molecule has 1 heterocycles. The summed E-state index contributed by atoms with van der Waals surface area (Å²) in [4.78, 5) is 14.4. The smallest absolute Gasteiger partial charge is 0.409 e. The molecule has 1 unspecified atom stereocenters. The minimum Gasteiger partial charge on any atom is -0.449 e. The summed E-state index contributed by atoms with van der Waals surface area (Å²) in [6.45, 7) is 5.75. The maximum absolute atomic E-state index is 12.6. The Morgan fingerprint density at radius 2 is 2.00 bits per heavy atom. The van der Waals surface area contributed by atoms with Crippen LogP contribution in [0, 0.1) is 5.92 Å². The molecule has 1 aliphatic heterocycles. The van der Waals surface area contributed by atoms with E-state index in [1.54, 1.807) is 4.90 Å². The predicted molar refractivity (Wildman–Crippen MR) is 125 cm³/mol. The predicted octanol–water partition coefficient (Wildman–Crippen LogP) is 4.98. The van der Waals surface area contributed by atoms with Crippen molar-refractivity contribution in [1.82, 2.24) is 4.90 Å². The number of unbranched alkanes of at least 4 members (excludes halogenated alkanes) is 1. The first-order valence-electron chi connectivity index (χ1n) is 11.4. The number of halogens is 1. The molecule has 1 amide bonds. The number of hydrogen-bond donors (Lipinski definition) is 0. The summed E-state index contributed by atoms with van der Waals surface area (Å²) in [5, 5.41) is 0.602. The van der Waals surface area contributed by atoms with Crippen LogP contribution in [-0.4, -0.2) is 58.6 Å². The molecular formula is C23H36ClNO6S. The summed E-state index contributed by atoms with van der Waals surface area (Å²) < 4.78 is 39.5. The highest BCUT2D eigenvalue weighted by Gasteiger charge is 2.44. The number of carbonyl (C=O) groups is 1. The molecule has 1 aromatic carbocycles. The highest BCUT2D eigenvalue weighted by atomic mass is 35.5. The van der Waals surface area contributed by atoms with E-state index in [0.717, 1.165) is 43.9 Å². The van der Waals surface area contributed by atoms with Gasteiger partial charge in [-0.25, -0.2) is 4.79 Å². The normalized spacial score (nSPS) is 18.9. The fourth-order valence-corrected chi connectivity index (χ4v) is 4.87. The van der Waals surface area contributed by atoms with Crippen molar-refractivity contribution in [2.45, 2.75) is 58.0 Å². The van der Waals surface area contributed by atoms with E-state index in [1.165, 1.54) is 0 Å². The monoisotopic (exact) mass is 489 g/mol. The van der Waals surface area contributed by atoms with E-state index in [9.17, 15) is 13.2 Å². The van der Waals surface area contributed by atoms with Gasteiger partial charge in [0.2, 0.25) is 0 Å². The van der Waals surface area contributed by atoms with Crippen LogP contribution >= 0.6 is 11.6 Å². The first kappa shape index (κ1) is 26.9. The molecule has 1 fully saturated rings. The molecule has 0 bridgehead atoms. The molecule has 0 aromatic heterocycles. The average molecular weight is 490 g/mol. The highest BCUT2D eigenvalue weighted by Crippen LogP contribution is 2.43. The third kappa shape index (κ3) is 7.90. The Hall–Kier alpha value is -1.35. The van der Waals surface area contributed by atoms with E-state index in [1.807, 2.05) is 24.3 Å². The van der Waals surface area contributed by atoms with Crippen LogP contribution in [-0.2, 0) is 29.4 Å². The Kier molecular flexibility index (Phi) is 10.7. The van der Waals surface area contributed by atoms with E-state index >= 15 is 0 Å². The molecule has 32 heavy (non-hydrogen) atoms. The largest absolute Gasteiger partial charge is 0.449 e. The second-order valence-electron chi connectivity index (χ2n) is 8.28. The molecule has 0 saturated carbocycles. The van der Waals surface area contributed by atoms with Gasteiger partial charge in [0.05, 0.1) is 31.7 Å². The number of carbonyl (C=O) groups excluding carboxylic acids is 1. The van der Waals surface area contributed by atoms with Crippen LogP contribution in [0.3, 0.4) is 0 Å². The maximum atomic E-state index is 12.6. The number of piperidine rings is 1. The van der Waals surface area contributed by atoms with Gasteiger partial charge in [-0.2, -0.15) is 8.42 Å². The van der Waals surface area contributed by atoms with Gasteiger partial charge in [-0.1, -0.05) is 50.4 Å². The summed E-state index contributed by atoms with van der Waals surface area (Å²) in [5.74, 6) is 0.00613. The third-order valence-electron chi connectivity index (χ3n) is 5.74. The second kappa shape index (κ2) is 12.8. The molecule has 2 atom stereocenters. The van der Waals surface area contributed by atoms with Crippen LogP contribution in [0.1, 0.15) is 57.9 Å². The number of benzene rings is 1. The lowest BCUT2D eigenvalue weighted by Crippen LogP contribution is -2.49. The quantitative estimate of drug-likeness (QED) is 0.304. The third-order valence-corrected chi connectivity index (χ3v) is 6.57. The number of nitrogens with zero attached hydrogens (tertiary/aromatic N) is 1. The maximum Gasteiger partial charge on any atom is 0.409 e. The molecule has 7 nitrogen and oxygen atoms in total. The molecule has 9 heteroatoms. The summed E-state index contributed by atoms with van der Waals surface area (Å²) >= 11 is 6.32. The van der Waals surface area contributed by atoms with E-state index in [2.05, 4.69) is 13.8 Å². The molecule has 2 rings (SSSR count). The fourth-order valence-electron chi connectivity index (χ4n) is 4.31. The lowest BCUT2D eigenvalue weighted by atomic mass is 9.74.